The molecule has 4 rings (SSSR count). The van der Waals surface area contributed by atoms with Crippen molar-refractivity contribution in [1.29, 1.82) is 0 Å². The highest BCUT2D eigenvalue weighted by molar-refractivity contribution is 7.12. The van der Waals surface area contributed by atoms with Gasteiger partial charge in [-0.25, -0.2) is 4.79 Å². The van der Waals surface area contributed by atoms with E-state index in [1.54, 1.807) is 15.9 Å². The Balaban J connectivity index is 1.47. The molecule has 2 fully saturated rings. The lowest BCUT2D eigenvalue weighted by molar-refractivity contribution is -0.118. The number of anilines is 2. The van der Waals surface area contributed by atoms with Crippen LogP contribution in [0.2, 0.25) is 0 Å². The maximum atomic E-state index is 12.4. The Morgan fingerprint density at radius 3 is 2.80 bits per heavy atom. The van der Waals surface area contributed by atoms with Crippen molar-refractivity contribution in [3.05, 3.63) is 45.6 Å². The Morgan fingerprint density at radius 1 is 1.23 bits per heavy atom. The minimum Gasteiger partial charge on any atom is -0.444 e. The summed E-state index contributed by atoms with van der Waals surface area (Å²) in [4.78, 5) is 39.9. The third-order valence-corrected chi connectivity index (χ3v) is 6.23. The molecule has 0 spiro atoms. The minimum absolute atomic E-state index is 0.0371. The molecule has 2 saturated heterocycles. The largest absolute Gasteiger partial charge is 0.444 e. The van der Waals surface area contributed by atoms with Crippen LogP contribution >= 0.6 is 11.3 Å². The number of hydrogen-bond acceptors (Lipinski definition) is 6. The second-order valence-electron chi connectivity index (χ2n) is 7.38. The zero-order valence-corrected chi connectivity index (χ0v) is 17.4. The number of rotatable bonds is 5. The van der Waals surface area contributed by atoms with E-state index < -0.39 is 12.0 Å². The predicted molar refractivity (Wildman–Crippen MR) is 113 cm³/mol. The molecule has 30 heavy (non-hydrogen) atoms. The molecule has 1 aromatic carbocycles. The van der Waals surface area contributed by atoms with Gasteiger partial charge >= 0.3 is 6.09 Å². The number of nitrogens with zero attached hydrogens (tertiary/aromatic N) is 2. The summed E-state index contributed by atoms with van der Waals surface area (Å²) in [5, 5.41) is 1.86. The van der Waals surface area contributed by atoms with E-state index in [1.165, 1.54) is 11.3 Å². The minimum atomic E-state index is -0.457. The highest BCUT2D eigenvalue weighted by Gasteiger charge is 2.33. The number of thiophene rings is 1. The number of carbonyl (C=O) groups is 3. The molecule has 0 radical (unpaired) electrons. The standard InChI is InChI=1S/C21H23N3O5S/c1-13-8-15(2-3-17(13)23-5-7-28-6-4-19(23)25)24-11-16(29-21(24)27)9-14-10-18(20(22)26)30-12-14/h2-3,8,10,12,16H,4-7,9,11H2,1H3,(H2,22,26)/t16-/m0/s1. The van der Waals surface area contributed by atoms with Crippen LogP contribution in [0.5, 0.6) is 0 Å². The molecule has 2 aliphatic heterocycles. The topological polar surface area (TPSA) is 102 Å². The first-order valence-corrected chi connectivity index (χ1v) is 10.6. The molecule has 2 aliphatic rings. The molecule has 0 aliphatic carbocycles. The molecule has 0 bridgehead atoms. The number of amides is 3. The third kappa shape index (κ3) is 4.17. The number of benzene rings is 1. The van der Waals surface area contributed by atoms with Gasteiger partial charge in [-0.3, -0.25) is 14.5 Å². The van der Waals surface area contributed by atoms with E-state index in [-0.39, 0.29) is 12.0 Å². The van der Waals surface area contributed by atoms with Gasteiger partial charge in [0.15, 0.2) is 0 Å². The number of carbonyl (C=O) groups excluding carboxylic acids is 3. The number of ether oxygens (including phenoxy) is 2. The van der Waals surface area contributed by atoms with Gasteiger partial charge < -0.3 is 20.1 Å². The molecular formula is C21H23N3O5S. The van der Waals surface area contributed by atoms with Gasteiger partial charge in [-0.05, 0) is 47.7 Å². The van der Waals surface area contributed by atoms with E-state index in [9.17, 15) is 14.4 Å². The normalized spacial score (nSPS) is 19.7. The first kappa shape index (κ1) is 20.4. The summed E-state index contributed by atoms with van der Waals surface area (Å²) in [5.41, 5.74) is 8.68. The zero-order valence-electron chi connectivity index (χ0n) is 16.6. The van der Waals surface area contributed by atoms with E-state index in [1.807, 2.05) is 30.5 Å². The van der Waals surface area contributed by atoms with Gasteiger partial charge in [0.1, 0.15) is 6.10 Å². The second-order valence-corrected chi connectivity index (χ2v) is 8.29. The maximum absolute atomic E-state index is 12.4. The van der Waals surface area contributed by atoms with E-state index in [0.29, 0.717) is 44.0 Å². The Bertz CT molecular complexity index is 989. The molecule has 2 N–H and O–H groups in total. The number of hydrogen-bond donors (Lipinski definition) is 1. The van der Waals surface area contributed by atoms with Crippen molar-refractivity contribution in [2.75, 3.05) is 36.1 Å². The average molecular weight is 429 g/mol. The Morgan fingerprint density at radius 2 is 2.07 bits per heavy atom. The van der Waals surface area contributed by atoms with Gasteiger partial charge in [0.05, 0.1) is 31.1 Å². The average Bonchev–Trinajstić information content (AvgIpc) is 3.25. The van der Waals surface area contributed by atoms with Crippen LogP contribution in [0, 0.1) is 6.92 Å². The number of cyclic esters (lactones) is 1. The Kier molecular flexibility index (Phi) is 5.74. The van der Waals surface area contributed by atoms with Gasteiger partial charge in [-0.15, -0.1) is 11.3 Å². The van der Waals surface area contributed by atoms with Crippen molar-refractivity contribution in [3.8, 4) is 0 Å². The molecule has 3 amide bonds. The lowest BCUT2D eigenvalue weighted by atomic mass is 10.1. The van der Waals surface area contributed by atoms with Crippen LogP contribution < -0.4 is 15.5 Å². The van der Waals surface area contributed by atoms with Crippen LogP contribution in [0.15, 0.2) is 29.6 Å². The molecule has 158 valence electrons. The van der Waals surface area contributed by atoms with E-state index >= 15 is 0 Å². The first-order valence-electron chi connectivity index (χ1n) is 9.76. The van der Waals surface area contributed by atoms with Crippen LogP contribution in [0.1, 0.15) is 27.2 Å². The van der Waals surface area contributed by atoms with Crippen LogP contribution in [-0.2, 0) is 20.7 Å². The van der Waals surface area contributed by atoms with Crippen LogP contribution in [-0.4, -0.2) is 50.3 Å². The summed E-state index contributed by atoms with van der Waals surface area (Å²) in [6.07, 6.45) is 0.168. The summed E-state index contributed by atoms with van der Waals surface area (Å²) in [6, 6.07) is 7.34. The third-order valence-electron chi connectivity index (χ3n) is 5.24. The molecule has 3 heterocycles. The van der Waals surface area contributed by atoms with Crippen molar-refractivity contribution in [2.45, 2.75) is 25.9 Å². The molecule has 9 heteroatoms. The Labute approximate surface area is 178 Å². The number of primary amides is 1. The molecule has 2 aromatic rings. The van der Waals surface area contributed by atoms with Crippen LogP contribution in [0.4, 0.5) is 16.2 Å². The van der Waals surface area contributed by atoms with Crippen molar-refractivity contribution >= 4 is 40.6 Å². The predicted octanol–water partition coefficient (Wildman–Crippen LogP) is 2.48. The van der Waals surface area contributed by atoms with Gasteiger partial charge in [0, 0.05) is 24.3 Å². The SMILES string of the molecule is Cc1cc(N2C[C@H](Cc3csc(C(N)=O)c3)OC2=O)ccc1N1CCOCCC1=O. The molecule has 1 aromatic heterocycles. The van der Waals surface area contributed by atoms with Crippen LogP contribution in [0.25, 0.3) is 0 Å². The lowest BCUT2D eigenvalue weighted by Gasteiger charge is -2.23. The van der Waals surface area contributed by atoms with Crippen LogP contribution in [0.3, 0.4) is 0 Å². The molecule has 0 saturated carbocycles. The van der Waals surface area contributed by atoms with Crippen molar-refractivity contribution in [1.82, 2.24) is 0 Å². The summed E-state index contributed by atoms with van der Waals surface area (Å²) < 4.78 is 10.9. The van der Waals surface area contributed by atoms with E-state index in [4.69, 9.17) is 15.2 Å². The highest BCUT2D eigenvalue weighted by Crippen LogP contribution is 2.30. The highest BCUT2D eigenvalue weighted by atomic mass is 32.1. The molecule has 0 unspecified atom stereocenters. The second kappa shape index (κ2) is 8.45. The summed E-state index contributed by atoms with van der Waals surface area (Å²) in [6.45, 7) is 3.80. The zero-order chi connectivity index (χ0) is 21.3. The summed E-state index contributed by atoms with van der Waals surface area (Å²) in [5.74, 6) is -0.420. The van der Waals surface area contributed by atoms with Gasteiger partial charge in [-0.1, -0.05) is 0 Å². The van der Waals surface area contributed by atoms with Gasteiger partial charge in [0.2, 0.25) is 5.91 Å². The fourth-order valence-electron chi connectivity index (χ4n) is 3.76. The summed E-state index contributed by atoms with van der Waals surface area (Å²) in [7, 11) is 0. The first-order chi connectivity index (χ1) is 14.4. The van der Waals surface area contributed by atoms with E-state index in [2.05, 4.69) is 0 Å². The smallest absolute Gasteiger partial charge is 0.414 e. The molecule has 1 atom stereocenters. The maximum Gasteiger partial charge on any atom is 0.414 e. The van der Waals surface area contributed by atoms with Crippen molar-refractivity contribution in [3.63, 3.8) is 0 Å². The van der Waals surface area contributed by atoms with Gasteiger partial charge in [0.25, 0.3) is 5.91 Å². The molecular weight excluding hydrogens is 406 g/mol. The number of aryl methyl sites for hydroxylation is 1. The Hall–Kier alpha value is -2.91. The quantitative estimate of drug-likeness (QED) is 0.787. The fraction of sp³-hybridized carbons (Fsp3) is 0.381. The van der Waals surface area contributed by atoms with E-state index in [0.717, 1.165) is 22.5 Å². The van der Waals surface area contributed by atoms with Gasteiger partial charge in [-0.2, -0.15) is 0 Å². The van der Waals surface area contributed by atoms with Crippen molar-refractivity contribution in [2.24, 2.45) is 5.73 Å². The number of nitrogens with two attached hydrogens (primary N) is 1. The lowest BCUT2D eigenvalue weighted by Crippen LogP contribution is -2.32. The summed E-state index contributed by atoms with van der Waals surface area (Å²) >= 11 is 1.29. The van der Waals surface area contributed by atoms with Crippen molar-refractivity contribution < 1.29 is 23.9 Å². The fourth-order valence-corrected chi connectivity index (χ4v) is 4.53. The molecule has 8 nitrogen and oxygen atoms in total. The monoisotopic (exact) mass is 429 g/mol.